The number of rotatable bonds is 2. The van der Waals surface area contributed by atoms with Gasteiger partial charge in [-0.3, -0.25) is 0 Å². The van der Waals surface area contributed by atoms with E-state index in [9.17, 15) is 13.2 Å². The summed E-state index contributed by atoms with van der Waals surface area (Å²) in [5, 5.41) is 0. The molecule has 0 amide bonds. The number of benzene rings is 1. The highest BCUT2D eigenvalue weighted by Crippen LogP contribution is 2.39. The van der Waals surface area contributed by atoms with Crippen LogP contribution in [-0.2, 0) is 0 Å². The van der Waals surface area contributed by atoms with E-state index in [1.807, 2.05) is 0 Å². The molecule has 1 heterocycles. The molecule has 0 radical (unpaired) electrons. The molecule has 1 aliphatic rings. The Morgan fingerprint density at radius 2 is 2.00 bits per heavy atom. The predicted molar refractivity (Wildman–Crippen MR) is 60.5 cm³/mol. The molecule has 96 valence electrons. The zero-order valence-corrected chi connectivity index (χ0v) is 9.77. The van der Waals surface area contributed by atoms with Gasteiger partial charge in [0.05, 0.1) is 0 Å². The number of fused-ring (bicyclic) bond motifs is 1. The first kappa shape index (κ1) is 14.1. The molecule has 6 heteroatoms. The molecule has 0 bridgehead atoms. The normalized spacial score (nSPS) is 21.1. The van der Waals surface area contributed by atoms with E-state index in [-0.39, 0.29) is 24.6 Å². The molecule has 0 saturated carbocycles. The fourth-order valence-electron chi connectivity index (χ4n) is 1.89. The van der Waals surface area contributed by atoms with Crippen LogP contribution in [0.3, 0.4) is 0 Å². The zero-order chi connectivity index (χ0) is 11.8. The van der Waals surface area contributed by atoms with Gasteiger partial charge in [0.25, 0.3) is 0 Å². The molecule has 0 aromatic heterocycles. The van der Waals surface area contributed by atoms with E-state index in [1.54, 1.807) is 0 Å². The van der Waals surface area contributed by atoms with Crippen LogP contribution in [0.4, 0.5) is 13.2 Å². The van der Waals surface area contributed by atoms with Crippen LogP contribution in [0.2, 0.25) is 0 Å². The van der Waals surface area contributed by atoms with Gasteiger partial charge in [-0.15, -0.1) is 12.4 Å². The summed E-state index contributed by atoms with van der Waals surface area (Å²) in [6.07, 6.45) is 0.0542. The van der Waals surface area contributed by atoms with Crippen molar-refractivity contribution in [2.45, 2.75) is 18.1 Å². The van der Waals surface area contributed by atoms with Crippen LogP contribution < -0.4 is 10.5 Å². The fourth-order valence-corrected chi connectivity index (χ4v) is 1.89. The van der Waals surface area contributed by atoms with Gasteiger partial charge in [0, 0.05) is 24.1 Å². The van der Waals surface area contributed by atoms with Crippen molar-refractivity contribution in [2.75, 3.05) is 13.3 Å². The van der Waals surface area contributed by atoms with Crippen LogP contribution in [0.1, 0.15) is 18.0 Å². The molecule has 1 aromatic carbocycles. The minimum atomic E-state index is -1.56. The van der Waals surface area contributed by atoms with Crippen LogP contribution in [-0.4, -0.2) is 19.0 Å². The van der Waals surface area contributed by atoms with Crippen molar-refractivity contribution in [3.8, 4) is 5.75 Å². The average molecular weight is 268 g/mol. The third-order valence-corrected chi connectivity index (χ3v) is 2.78. The largest absolute Gasteiger partial charge is 0.481 e. The Balaban J connectivity index is 0.00000144. The predicted octanol–water partition coefficient (Wildman–Crippen LogP) is 2.71. The van der Waals surface area contributed by atoms with Crippen molar-refractivity contribution in [1.82, 2.24) is 0 Å². The van der Waals surface area contributed by atoms with E-state index in [2.05, 4.69) is 0 Å². The second kappa shape index (κ2) is 5.14. The lowest BCUT2D eigenvalue weighted by Gasteiger charge is -2.37. The fraction of sp³-hybridized carbons (Fsp3) is 0.455. The molecular weight excluding hydrogens is 255 g/mol. The maximum atomic E-state index is 13.0. The number of hydrogen-bond donors (Lipinski definition) is 1. The highest BCUT2D eigenvalue weighted by molar-refractivity contribution is 5.85. The smallest absolute Gasteiger partial charge is 0.167 e. The number of hydrogen-bond acceptors (Lipinski definition) is 2. The van der Waals surface area contributed by atoms with Crippen molar-refractivity contribution in [2.24, 2.45) is 5.73 Å². The lowest BCUT2D eigenvalue weighted by atomic mass is 9.89. The van der Waals surface area contributed by atoms with Crippen LogP contribution in [0.25, 0.3) is 0 Å². The van der Waals surface area contributed by atoms with Crippen molar-refractivity contribution in [1.29, 1.82) is 0 Å². The molecule has 0 fully saturated rings. The molecule has 17 heavy (non-hydrogen) atoms. The van der Waals surface area contributed by atoms with Crippen LogP contribution in [0.5, 0.6) is 5.75 Å². The third-order valence-electron chi connectivity index (χ3n) is 2.78. The summed E-state index contributed by atoms with van der Waals surface area (Å²) in [5.41, 5.74) is 4.81. The first-order chi connectivity index (χ1) is 7.60. The van der Waals surface area contributed by atoms with E-state index in [1.165, 1.54) is 12.1 Å². The number of halogens is 4. The topological polar surface area (TPSA) is 35.2 Å². The standard InChI is InChI=1S/C11H12F3NO.ClH/c12-5-11(6-13)4-9(15)8-2-1-7(14)3-10(8)16-11;/h1-3,9H,4-6,15H2;1H/t9-;/m1./s1. The quantitative estimate of drug-likeness (QED) is 0.894. The molecule has 1 aliphatic heterocycles. The molecule has 2 rings (SSSR count). The van der Waals surface area contributed by atoms with Gasteiger partial charge in [0.15, 0.2) is 5.60 Å². The lowest BCUT2D eigenvalue weighted by Crippen LogP contribution is -2.46. The maximum Gasteiger partial charge on any atom is 0.167 e. The van der Waals surface area contributed by atoms with E-state index in [4.69, 9.17) is 10.5 Å². The van der Waals surface area contributed by atoms with Crippen molar-refractivity contribution >= 4 is 12.4 Å². The number of nitrogens with two attached hydrogens (primary N) is 1. The lowest BCUT2D eigenvalue weighted by molar-refractivity contribution is -0.00805. The molecule has 2 N–H and O–H groups in total. The highest BCUT2D eigenvalue weighted by Gasteiger charge is 2.40. The molecule has 0 spiro atoms. The summed E-state index contributed by atoms with van der Waals surface area (Å²) in [5.74, 6) is -0.381. The Hall–Kier alpha value is -0.940. The minimum absolute atomic E-state index is 0. The van der Waals surface area contributed by atoms with Gasteiger partial charge in [-0.05, 0) is 6.07 Å². The molecule has 0 saturated heterocycles. The van der Waals surface area contributed by atoms with E-state index >= 15 is 0 Å². The third kappa shape index (κ3) is 2.50. The molecule has 1 aromatic rings. The monoisotopic (exact) mass is 267 g/mol. The highest BCUT2D eigenvalue weighted by atomic mass is 35.5. The van der Waals surface area contributed by atoms with Crippen LogP contribution in [0, 0.1) is 5.82 Å². The molecule has 0 aliphatic carbocycles. The van der Waals surface area contributed by atoms with Gasteiger partial charge >= 0.3 is 0 Å². The second-order valence-electron chi connectivity index (χ2n) is 4.05. The summed E-state index contributed by atoms with van der Waals surface area (Å²) < 4.78 is 43.7. The van der Waals surface area contributed by atoms with Crippen LogP contribution in [0.15, 0.2) is 18.2 Å². The Kier molecular flexibility index (Phi) is 4.27. The van der Waals surface area contributed by atoms with E-state index in [0.29, 0.717) is 5.56 Å². The zero-order valence-electron chi connectivity index (χ0n) is 8.96. The summed E-state index contributed by atoms with van der Waals surface area (Å²) in [6.45, 7) is -1.96. The minimum Gasteiger partial charge on any atom is -0.481 e. The number of ether oxygens (including phenoxy) is 1. The Morgan fingerprint density at radius 1 is 1.35 bits per heavy atom. The first-order valence-electron chi connectivity index (χ1n) is 4.96. The Labute approximate surface area is 103 Å². The van der Waals surface area contributed by atoms with Crippen molar-refractivity contribution in [3.05, 3.63) is 29.6 Å². The number of alkyl halides is 2. The van der Waals surface area contributed by atoms with E-state index < -0.39 is 30.8 Å². The van der Waals surface area contributed by atoms with Gasteiger partial charge < -0.3 is 10.5 Å². The maximum absolute atomic E-state index is 13.0. The summed E-state index contributed by atoms with van der Waals surface area (Å²) in [7, 11) is 0. The van der Waals surface area contributed by atoms with Crippen molar-refractivity contribution < 1.29 is 17.9 Å². The van der Waals surface area contributed by atoms with Crippen molar-refractivity contribution in [3.63, 3.8) is 0 Å². The van der Waals surface area contributed by atoms with Crippen LogP contribution >= 0.6 is 12.4 Å². The Morgan fingerprint density at radius 3 is 2.59 bits per heavy atom. The SMILES string of the molecule is Cl.N[C@@H]1CC(CF)(CF)Oc2cc(F)ccc21. The average Bonchev–Trinajstić information content (AvgIpc) is 2.28. The second-order valence-corrected chi connectivity index (χ2v) is 4.05. The van der Waals surface area contributed by atoms with E-state index in [0.717, 1.165) is 6.07 Å². The summed E-state index contributed by atoms with van der Waals surface area (Å²) >= 11 is 0. The van der Waals surface area contributed by atoms with Gasteiger partial charge in [0.1, 0.15) is 24.9 Å². The van der Waals surface area contributed by atoms with Gasteiger partial charge in [-0.2, -0.15) is 0 Å². The molecule has 2 nitrogen and oxygen atoms in total. The Bertz CT molecular complexity index is 398. The molecular formula is C11H13ClF3NO. The van der Waals surface area contributed by atoms with Gasteiger partial charge in [-0.25, -0.2) is 13.2 Å². The van der Waals surface area contributed by atoms with Gasteiger partial charge in [0.2, 0.25) is 0 Å². The molecule has 0 unspecified atom stereocenters. The molecule has 1 atom stereocenters. The summed E-state index contributed by atoms with van der Waals surface area (Å²) in [4.78, 5) is 0. The summed E-state index contributed by atoms with van der Waals surface area (Å²) in [6, 6.07) is 3.31. The van der Waals surface area contributed by atoms with Gasteiger partial charge in [-0.1, -0.05) is 6.07 Å². The first-order valence-corrected chi connectivity index (χ1v) is 4.96.